The monoisotopic (exact) mass is 214 g/mol. The molecule has 0 bridgehead atoms. The number of hydrogen-bond donors (Lipinski definition) is 0. The minimum atomic E-state index is 0.127. The molecule has 1 aromatic rings. The first-order valence-electron chi connectivity index (χ1n) is 5.35. The Bertz CT molecular complexity index is 438. The van der Waals surface area contributed by atoms with Gasteiger partial charge in [-0.1, -0.05) is 18.2 Å². The van der Waals surface area contributed by atoms with Gasteiger partial charge in [0.25, 0.3) is 0 Å². The zero-order valence-corrected chi connectivity index (χ0v) is 9.27. The number of allylic oxidation sites excluding steroid dienone is 3. The van der Waals surface area contributed by atoms with Crippen LogP contribution in [0.5, 0.6) is 5.75 Å². The van der Waals surface area contributed by atoms with Crippen molar-refractivity contribution in [2.75, 3.05) is 7.11 Å². The molecule has 0 atom stereocenters. The highest BCUT2D eigenvalue weighted by molar-refractivity contribution is 6.07. The van der Waals surface area contributed by atoms with E-state index < -0.39 is 0 Å². The summed E-state index contributed by atoms with van der Waals surface area (Å²) in [6, 6.07) is 7.71. The summed E-state index contributed by atoms with van der Waals surface area (Å²) in [7, 11) is 1.64. The van der Waals surface area contributed by atoms with E-state index >= 15 is 0 Å². The van der Waals surface area contributed by atoms with Crippen molar-refractivity contribution in [1.82, 2.24) is 0 Å². The smallest absolute Gasteiger partial charge is 0.181 e. The normalized spacial score (nSPS) is 17.8. The first-order chi connectivity index (χ1) is 7.79. The number of carbonyl (C=O) groups is 1. The second-order valence-corrected chi connectivity index (χ2v) is 3.75. The summed E-state index contributed by atoms with van der Waals surface area (Å²) >= 11 is 0. The highest BCUT2D eigenvalue weighted by Gasteiger charge is 2.09. The maximum Gasteiger partial charge on any atom is 0.181 e. The van der Waals surface area contributed by atoms with Gasteiger partial charge in [0.1, 0.15) is 5.75 Å². The first kappa shape index (κ1) is 10.7. The molecular weight excluding hydrogens is 200 g/mol. The van der Waals surface area contributed by atoms with Crippen molar-refractivity contribution >= 4 is 11.9 Å². The van der Waals surface area contributed by atoms with Crippen LogP contribution in [-0.2, 0) is 4.79 Å². The molecule has 0 N–H and O–H groups in total. The lowest BCUT2D eigenvalue weighted by molar-refractivity contribution is -0.111. The Hall–Kier alpha value is -1.83. The van der Waals surface area contributed by atoms with Gasteiger partial charge >= 0.3 is 0 Å². The standard InChI is InChI=1S/C14H14O2/c1-16-13-8-6-11(7-9-13)10-12-4-2-3-5-14(12)15/h3,5-10H,2,4H2,1H3. The van der Waals surface area contributed by atoms with E-state index in [0.29, 0.717) is 0 Å². The lowest BCUT2D eigenvalue weighted by Crippen LogP contribution is -2.02. The summed E-state index contributed by atoms with van der Waals surface area (Å²) in [5.41, 5.74) is 1.92. The quantitative estimate of drug-likeness (QED) is 0.707. The van der Waals surface area contributed by atoms with Crippen LogP contribution in [0.1, 0.15) is 18.4 Å². The van der Waals surface area contributed by atoms with Crippen molar-refractivity contribution in [3.63, 3.8) is 0 Å². The minimum absolute atomic E-state index is 0.127. The predicted molar refractivity (Wildman–Crippen MR) is 64.4 cm³/mol. The van der Waals surface area contributed by atoms with Gasteiger partial charge in [-0.05, 0) is 42.7 Å². The highest BCUT2D eigenvalue weighted by Crippen LogP contribution is 2.19. The van der Waals surface area contributed by atoms with Gasteiger partial charge in [-0.2, -0.15) is 0 Å². The largest absolute Gasteiger partial charge is 0.497 e. The average Bonchev–Trinajstić information content (AvgIpc) is 2.33. The topological polar surface area (TPSA) is 26.3 Å². The van der Waals surface area contributed by atoms with E-state index in [1.165, 1.54) is 0 Å². The van der Waals surface area contributed by atoms with Crippen molar-refractivity contribution in [2.45, 2.75) is 12.8 Å². The van der Waals surface area contributed by atoms with Crippen LogP contribution in [-0.4, -0.2) is 12.9 Å². The van der Waals surface area contributed by atoms with Crippen LogP contribution in [0.25, 0.3) is 6.08 Å². The van der Waals surface area contributed by atoms with E-state index in [0.717, 1.165) is 29.7 Å². The number of ether oxygens (including phenoxy) is 1. The van der Waals surface area contributed by atoms with Gasteiger partial charge in [-0.15, -0.1) is 0 Å². The molecule has 2 rings (SSSR count). The molecule has 1 aromatic carbocycles. The van der Waals surface area contributed by atoms with E-state index in [9.17, 15) is 4.79 Å². The minimum Gasteiger partial charge on any atom is -0.497 e. The van der Waals surface area contributed by atoms with Crippen LogP contribution in [0.15, 0.2) is 42.0 Å². The molecule has 0 saturated carbocycles. The number of hydrogen-bond acceptors (Lipinski definition) is 2. The van der Waals surface area contributed by atoms with Crippen molar-refractivity contribution in [1.29, 1.82) is 0 Å². The second kappa shape index (κ2) is 4.79. The predicted octanol–water partition coefficient (Wildman–Crippen LogP) is 3.00. The molecule has 0 heterocycles. The van der Waals surface area contributed by atoms with Gasteiger partial charge in [-0.25, -0.2) is 0 Å². The highest BCUT2D eigenvalue weighted by atomic mass is 16.5. The fraction of sp³-hybridized carbons (Fsp3) is 0.214. The van der Waals surface area contributed by atoms with Crippen molar-refractivity contribution in [2.24, 2.45) is 0 Å². The lowest BCUT2D eigenvalue weighted by atomic mass is 9.97. The molecule has 0 radical (unpaired) electrons. The van der Waals surface area contributed by atoms with E-state index in [1.807, 2.05) is 36.4 Å². The number of carbonyl (C=O) groups excluding carboxylic acids is 1. The first-order valence-corrected chi connectivity index (χ1v) is 5.35. The Balaban J connectivity index is 2.21. The van der Waals surface area contributed by atoms with Crippen LogP contribution in [0.3, 0.4) is 0 Å². The van der Waals surface area contributed by atoms with Crippen LogP contribution in [0, 0.1) is 0 Å². The van der Waals surface area contributed by atoms with Crippen LogP contribution in [0.4, 0.5) is 0 Å². The van der Waals surface area contributed by atoms with E-state index in [-0.39, 0.29) is 5.78 Å². The summed E-state index contributed by atoms with van der Waals surface area (Å²) in [4.78, 5) is 11.5. The summed E-state index contributed by atoms with van der Waals surface area (Å²) < 4.78 is 5.08. The molecular formula is C14H14O2. The molecule has 1 aliphatic rings. The fourth-order valence-electron chi connectivity index (χ4n) is 1.70. The Morgan fingerprint density at radius 1 is 1.25 bits per heavy atom. The molecule has 0 saturated heterocycles. The van der Waals surface area contributed by atoms with Gasteiger partial charge in [0, 0.05) is 5.57 Å². The SMILES string of the molecule is COc1ccc(C=C2CCC=CC2=O)cc1. The molecule has 2 heteroatoms. The van der Waals surface area contributed by atoms with Crippen molar-refractivity contribution in [3.05, 3.63) is 47.6 Å². The zero-order chi connectivity index (χ0) is 11.4. The molecule has 0 aliphatic heterocycles. The molecule has 1 aliphatic carbocycles. The molecule has 0 spiro atoms. The summed E-state index contributed by atoms with van der Waals surface area (Å²) in [5, 5.41) is 0. The number of ketones is 1. The summed E-state index contributed by atoms with van der Waals surface area (Å²) in [6.07, 6.45) is 7.31. The molecule has 0 amide bonds. The molecule has 82 valence electrons. The number of benzene rings is 1. The van der Waals surface area contributed by atoms with E-state index in [4.69, 9.17) is 4.74 Å². The van der Waals surface area contributed by atoms with E-state index in [2.05, 4.69) is 0 Å². The second-order valence-electron chi connectivity index (χ2n) is 3.75. The van der Waals surface area contributed by atoms with Crippen LogP contribution < -0.4 is 4.74 Å². The molecule has 2 nitrogen and oxygen atoms in total. The summed E-state index contributed by atoms with van der Waals surface area (Å²) in [6.45, 7) is 0. The van der Waals surface area contributed by atoms with Gasteiger partial charge < -0.3 is 4.74 Å². The maximum atomic E-state index is 11.5. The Kier molecular flexibility index (Phi) is 3.20. The molecule has 0 fully saturated rings. The molecule has 16 heavy (non-hydrogen) atoms. The Morgan fingerprint density at radius 3 is 2.62 bits per heavy atom. The molecule has 0 unspecified atom stereocenters. The number of methoxy groups -OCH3 is 1. The van der Waals surface area contributed by atoms with Gasteiger partial charge in [0.05, 0.1) is 7.11 Å². The third-order valence-electron chi connectivity index (χ3n) is 2.62. The molecule has 0 aromatic heterocycles. The maximum absolute atomic E-state index is 11.5. The van der Waals surface area contributed by atoms with Crippen LogP contribution >= 0.6 is 0 Å². The lowest BCUT2D eigenvalue weighted by Gasteiger charge is -2.07. The third-order valence-corrected chi connectivity index (χ3v) is 2.62. The fourth-order valence-corrected chi connectivity index (χ4v) is 1.70. The third kappa shape index (κ3) is 2.40. The van der Waals surface area contributed by atoms with E-state index in [1.54, 1.807) is 13.2 Å². The van der Waals surface area contributed by atoms with Gasteiger partial charge in [-0.3, -0.25) is 4.79 Å². The summed E-state index contributed by atoms with van der Waals surface area (Å²) in [5.74, 6) is 0.957. The van der Waals surface area contributed by atoms with Crippen LogP contribution in [0.2, 0.25) is 0 Å². The number of rotatable bonds is 2. The van der Waals surface area contributed by atoms with Crippen molar-refractivity contribution < 1.29 is 9.53 Å². The van der Waals surface area contributed by atoms with Crippen molar-refractivity contribution in [3.8, 4) is 5.75 Å². The Labute approximate surface area is 95.2 Å². The zero-order valence-electron chi connectivity index (χ0n) is 9.27. The van der Waals surface area contributed by atoms with Gasteiger partial charge in [0.2, 0.25) is 0 Å². The average molecular weight is 214 g/mol. The van der Waals surface area contributed by atoms with Gasteiger partial charge in [0.15, 0.2) is 5.78 Å². The Morgan fingerprint density at radius 2 is 2.00 bits per heavy atom.